The molecule has 5 aromatic carbocycles. The lowest BCUT2D eigenvalue weighted by Crippen LogP contribution is -2.01. The highest BCUT2D eigenvalue weighted by Gasteiger charge is 2.20. The lowest BCUT2D eigenvalue weighted by molar-refractivity contribution is 1.02. The van der Waals surface area contributed by atoms with E-state index in [1.165, 1.54) is 43.9 Å². The normalized spacial score (nSPS) is 11.5. The molecule has 0 saturated carbocycles. The molecule has 0 bridgehead atoms. The Bertz CT molecular complexity index is 1840. The Morgan fingerprint density at radius 1 is 0.583 bits per heavy atom. The molecule has 36 heavy (non-hydrogen) atoms. The summed E-state index contributed by atoms with van der Waals surface area (Å²) in [6, 6.07) is 38.7. The number of benzene rings is 5. The summed E-state index contributed by atoms with van der Waals surface area (Å²) < 4.78 is 2.32. The molecule has 0 aliphatic rings. The van der Waals surface area contributed by atoms with Crippen molar-refractivity contribution in [2.75, 3.05) is 0 Å². The smallest absolute Gasteiger partial charge is 0.111 e. The number of hydrogen-bond donors (Lipinski definition) is 0. The second kappa shape index (κ2) is 8.17. The second-order valence-corrected chi connectivity index (χ2v) is 9.09. The zero-order valence-corrected chi connectivity index (χ0v) is 19.9. The fraction of sp³-hybridized carbons (Fsp3) is 0.0303. The van der Waals surface area contributed by atoms with Gasteiger partial charge in [0.2, 0.25) is 0 Å². The third-order valence-corrected chi connectivity index (χ3v) is 7.02. The van der Waals surface area contributed by atoms with Gasteiger partial charge in [-0.15, -0.1) is 0 Å². The molecule has 3 heteroatoms. The zero-order valence-electron chi connectivity index (χ0n) is 19.9. The fourth-order valence-electron chi connectivity index (χ4n) is 5.54. The van der Waals surface area contributed by atoms with Crippen LogP contribution in [0, 0.1) is 6.92 Å². The molecule has 0 radical (unpaired) electrons. The number of nitrogens with zero attached hydrogens (tertiary/aromatic N) is 3. The molecule has 0 N–H and O–H groups in total. The summed E-state index contributed by atoms with van der Waals surface area (Å²) in [6.45, 7) is 2.09. The third kappa shape index (κ3) is 3.06. The van der Waals surface area contributed by atoms with Crippen LogP contribution in [0.1, 0.15) is 5.82 Å². The van der Waals surface area contributed by atoms with Gasteiger partial charge in [-0.25, -0.2) is 4.98 Å². The maximum absolute atomic E-state index is 4.89. The summed E-state index contributed by atoms with van der Waals surface area (Å²) in [5.41, 5.74) is 8.04. The van der Waals surface area contributed by atoms with E-state index in [0.29, 0.717) is 0 Å². The molecule has 0 atom stereocenters. The third-order valence-electron chi connectivity index (χ3n) is 7.02. The lowest BCUT2D eigenvalue weighted by Gasteiger charge is -2.20. The molecule has 0 fully saturated rings. The molecule has 7 aromatic rings. The van der Waals surface area contributed by atoms with E-state index >= 15 is 0 Å². The van der Waals surface area contributed by atoms with Crippen LogP contribution in [0.2, 0.25) is 0 Å². The van der Waals surface area contributed by atoms with Gasteiger partial charge in [-0.2, -0.15) is 0 Å². The summed E-state index contributed by atoms with van der Waals surface area (Å²) in [7, 11) is 0. The van der Waals surface area contributed by atoms with Crippen molar-refractivity contribution in [3.05, 3.63) is 127 Å². The minimum Gasteiger partial charge on any atom is -0.295 e. The fourth-order valence-corrected chi connectivity index (χ4v) is 5.54. The summed E-state index contributed by atoms with van der Waals surface area (Å²) in [6.07, 6.45) is 3.77. The molecule has 2 aromatic heterocycles. The number of hydrogen-bond acceptors (Lipinski definition) is 2. The minimum atomic E-state index is 0.981. The predicted molar refractivity (Wildman–Crippen MR) is 149 cm³/mol. The van der Waals surface area contributed by atoms with E-state index in [-0.39, 0.29) is 0 Å². The van der Waals surface area contributed by atoms with Crippen LogP contribution in [0.3, 0.4) is 0 Å². The maximum Gasteiger partial charge on any atom is 0.111 e. The Morgan fingerprint density at radius 3 is 1.89 bits per heavy atom. The van der Waals surface area contributed by atoms with Gasteiger partial charge in [0.15, 0.2) is 0 Å². The number of pyridine rings is 1. The number of aryl methyl sites for hydroxylation is 1. The van der Waals surface area contributed by atoms with Crippen molar-refractivity contribution in [2.45, 2.75) is 6.92 Å². The molecular formula is C33H23N3. The van der Waals surface area contributed by atoms with Gasteiger partial charge in [0, 0.05) is 28.7 Å². The van der Waals surface area contributed by atoms with Gasteiger partial charge in [-0.1, -0.05) is 91.0 Å². The quantitative estimate of drug-likeness (QED) is 0.247. The van der Waals surface area contributed by atoms with E-state index in [1.807, 2.05) is 24.5 Å². The van der Waals surface area contributed by atoms with E-state index < -0.39 is 0 Å². The zero-order chi connectivity index (χ0) is 24.1. The van der Waals surface area contributed by atoms with E-state index in [9.17, 15) is 0 Å². The first kappa shape index (κ1) is 20.6. The number of imidazole rings is 1. The number of para-hydroxylation sites is 2. The molecule has 0 aliphatic heterocycles. The SMILES string of the molecule is Cc1nc2ccccc2n1-c1c2ccccc2c(-c2ccccc2-c2cccnc2)c2ccccc12. The van der Waals surface area contributed by atoms with Crippen LogP contribution in [0.4, 0.5) is 0 Å². The Hall–Kier alpha value is -4.76. The topological polar surface area (TPSA) is 30.7 Å². The largest absolute Gasteiger partial charge is 0.295 e. The molecule has 0 saturated heterocycles. The average molecular weight is 462 g/mol. The highest BCUT2D eigenvalue weighted by molar-refractivity contribution is 6.19. The highest BCUT2D eigenvalue weighted by Crippen LogP contribution is 2.44. The monoisotopic (exact) mass is 461 g/mol. The van der Waals surface area contributed by atoms with Crippen LogP contribution in [0.15, 0.2) is 122 Å². The first-order valence-electron chi connectivity index (χ1n) is 12.2. The molecule has 0 spiro atoms. The van der Waals surface area contributed by atoms with Crippen molar-refractivity contribution in [2.24, 2.45) is 0 Å². The molecular weight excluding hydrogens is 438 g/mol. The van der Waals surface area contributed by atoms with E-state index in [4.69, 9.17) is 4.98 Å². The van der Waals surface area contributed by atoms with Crippen molar-refractivity contribution in [3.8, 4) is 27.9 Å². The molecule has 170 valence electrons. The lowest BCUT2D eigenvalue weighted by atomic mass is 9.87. The van der Waals surface area contributed by atoms with Crippen LogP contribution >= 0.6 is 0 Å². The Morgan fingerprint density at radius 2 is 1.19 bits per heavy atom. The van der Waals surface area contributed by atoms with Crippen molar-refractivity contribution >= 4 is 32.6 Å². The predicted octanol–water partition coefficient (Wildman–Crippen LogP) is 8.37. The molecule has 0 aliphatic carbocycles. The van der Waals surface area contributed by atoms with Gasteiger partial charge in [0.25, 0.3) is 0 Å². The Balaban J connectivity index is 1.66. The number of fused-ring (bicyclic) bond motifs is 3. The molecule has 0 amide bonds. The minimum absolute atomic E-state index is 0.981. The molecule has 3 nitrogen and oxygen atoms in total. The van der Waals surface area contributed by atoms with E-state index in [2.05, 4.69) is 114 Å². The second-order valence-electron chi connectivity index (χ2n) is 9.09. The molecule has 2 heterocycles. The van der Waals surface area contributed by atoms with Crippen LogP contribution < -0.4 is 0 Å². The van der Waals surface area contributed by atoms with Crippen molar-refractivity contribution < 1.29 is 0 Å². The highest BCUT2D eigenvalue weighted by atomic mass is 15.1. The van der Waals surface area contributed by atoms with Gasteiger partial charge in [0.05, 0.1) is 16.7 Å². The number of rotatable bonds is 3. The van der Waals surface area contributed by atoms with Crippen molar-refractivity contribution in [3.63, 3.8) is 0 Å². The van der Waals surface area contributed by atoms with Gasteiger partial charge < -0.3 is 0 Å². The van der Waals surface area contributed by atoms with Gasteiger partial charge in [-0.3, -0.25) is 9.55 Å². The van der Waals surface area contributed by atoms with Crippen molar-refractivity contribution in [1.29, 1.82) is 0 Å². The van der Waals surface area contributed by atoms with E-state index in [0.717, 1.165) is 22.4 Å². The maximum atomic E-state index is 4.89. The van der Waals surface area contributed by atoms with Crippen molar-refractivity contribution in [1.82, 2.24) is 14.5 Å². The van der Waals surface area contributed by atoms with Crippen LogP contribution in [0.5, 0.6) is 0 Å². The van der Waals surface area contributed by atoms with Crippen LogP contribution in [-0.2, 0) is 0 Å². The van der Waals surface area contributed by atoms with Crippen LogP contribution in [0.25, 0.3) is 60.5 Å². The molecule has 7 rings (SSSR count). The summed E-state index contributed by atoms with van der Waals surface area (Å²) in [5, 5.41) is 4.86. The summed E-state index contributed by atoms with van der Waals surface area (Å²) >= 11 is 0. The molecule has 0 unspecified atom stereocenters. The average Bonchev–Trinajstić information content (AvgIpc) is 3.27. The number of aromatic nitrogens is 3. The van der Waals surface area contributed by atoms with Gasteiger partial charge >= 0.3 is 0 Å². The standard InChI is InChI=1S/C33H23N3/c1-22-35-30-18-8-9-19-31(30)36(22)33-28-16-6-4-14-26(28)32(27-15-5-7-17-29(27)33)25-13-3-2-12-24(25)23-11-10-20-34-21-23/h2-21H,1H3. The van der Waals surface area contributed by atoms with E-state index in [1.54, 1.807) is 0 Å². The first-order valence-corrected chi connectivity index (χ1v) is 12.2. The first-order chi connectivity index (χ1) is 17.8. The Kier molecular flexibility index (Phi) is 4.68. The Labute approximate surface area is 209 Å². The summed E-state index contributed by atoms with van der Waals surface area (Å²) in [4.78, 5) is 9.29. The van der Waals surface area contributed by atoms with Crippen LogP contribution in [-0.4, -0.2) is 14.5 Å². The summed E-state index contributed by atoms with van der Waals surface area (Å²) in [5.74, 6) is 0.981. The van der Waals surface area contributed by atoms with Gasteiger partial charge in [-0.05, 0) is 52.6 Å². The van der Waals surface area contributed by atoms with Gasteiger partial charge in [0.1, 0.15) is 5.82 Å².